The lowest BCUT2D eigenvalue weighted by Crippen LogP contribution is -2.52. The number of nitrogens with zero attached hydrogens (tertiary/aromatic N) is 2. The molecule has 118 valence electrons. The van der Waals surface area contributed by atoms with E-state index in [0.717, 1.165) is 12.8 Å². The van der Waals surface area contributed by atoms with Crippen LogP contribution in [0.15, 0.2) is 24.3 Å². The minimum atomic E-state index is 0.552. The van der Waals surface area contributed by atoms with Crippen molar-refractivity contribution in [2.24, 2.45) is 0 Å². The van der Waals surface area contributed by atoms with E-state index in [2.05, 4.69) is 67.4 Å². The van der Waals surface area contributed by atoms with Gasteiger partial charge >= 0.3 is 0 Å². The van der Waals surface area contributed by atoms with Gasteiger partial charge in [-0.25, -0.2) is 0 Å². The Balaban J connectivity index is 1.92. The first-order valence-corrected chi connectivity index (χ1v) is 8.26. The molecule has 0 amide bonds. The Hall–Kier alpha value is -0.900. The molecule has 0 bridgehead atoms. The quantitative estimate of drug-likeness (QED) is 0.864. The molecule has 1 heterocycles. The number of hydrogen-bond acceptors (Lipinski definition) is 3. The van der Waals surface area contributed by atoms with Crippen molar-refractivity contribution in [1.82, 2.24) is 15.1 Å². The Labute approximate surface area is 130 Å². The minimum Gasteiger partial charge on any atom is -0.317 e. The second-order valence-corrected chi connectivity index (χ2v) is 6.49. The van der Waals surface area contributed by atoms with Crippen molar-refractivity contribution < 1.29 is 0 Å². The smallest absolute Gasteiger partial charge is 0.0235 e. The average Bonchev–Trinajstić information content (AvgIpc) is 2.51. The third-order valence-corrected chi connectivity index (χ3v) is 4.86. The molecule has 21 heavy (non-hydrogen) atoms. The van der Waals surface area contributed by atoms with Crippen molar-refractivity contribution in [3.63, 3.8) is 0 Å². The molecule has 2 atom stereocenters. The van der Waals surface area contributed by atoms with Crippen LogP contribution in [-0.2, 0) is 12.8 Å². The number of nitrogens with one attached hydrogen (secondary N) is 1. The zero-order valence-corrected chi connectivity index (χ0v) is 14.1. The molecule has 1 aliphatic rings. The van der Waals surface area contributed by atoms with Gasteiger partial charge in [0.25, 0.3) is 0 Å². The van der Waals surface area contributed by atoms with E-state index in [1.54, 1.807) is 0 Å². The molecule has 1 fully saturated rings. The van der Waals surface area contributed by atoms with Crippen molar-refractivity contribution in [1.29, 1.82) is 0 Å². The largest absolute Gasteiger partial charge is 0.317 e. The zero-order chi connectivity index (χ0) is 15.2. The lowest BCUT2D eigenvalue weighted by atomic mass is 9.96. The summed E-state index contributed by atoms with van der Waals surface area (Å²) in [5, 5.41) is 3.52. The third-order valence-electron chi connectivity index (χ3n) is 4.86. The standard InChI is InChI=1S/C18H31N3/c1-5-15-6-8-16(9-7-15)12-17(19-2)13-18-14-20(3)10-11-21(18)4/h6-9,17-19H,5,10-14H2,1-4H3. The highest BCUT2D eigenvalue weighted by molar-refractivity contribution is 5.23. The topological polar surface area (TPSA) is 18.5 Å². The number of benzene rings is 1. The monoisotopic (exact) mass is 289 g/mol. The Bertz CT molecular complexity index is 415. The van der Waals surface area contributed by atoms with E-state index in [1.165, 1.54) is 37.2 Å². The van der Waals surface area contributed by atoms with Crippen LogP contribution in [0.3, 0.4) is 0 Å². The molecule has 2 unspecified atom stereocenters. The summed E-state index contributed by atoms with van der Waals surface area (Å²) in [6, 6.07) is 10.3. The van der Waals surface area contributed by atoms with E-state index in [4.69, 9.17) is 0 Å². The first-order valence-electron chi connectivity index (χ1n) is 8.26. The average molecular weight is 289 g/mol. The van der Waals surface area contributed by atoms with Gasteiger partial charge in [0.2, 0.25) is 0 Å². The molecule has 3 nitrogen and oxygen atoms in total. The molecule has 0 saturated carbocycles. The molecule has 2 rings (SSSR count). The Morgan fingerprint density at radius 3 is 2.43 bits per heavy atom. The van der Waals surface area contributed by atoms with Crippen molar-refractivity contribution in [2.45, 2.75) is 38.3 Å². The van der Waals surface area contributed by atoms with E-state index in [0.29, 0.717) is 12.1 Å². The number of aryl methyl sites for hydroxylation is 1. The minimum absolute atomic E-state index is 0.552. The molecule has 1 aromatic carbocycles. The normalized spacial score (nSPS) is 22.4. The summed E-state index contributed by atoms with van der Waals surface area (Å²) in [5.41, 5.74) is 2.87. The van der Waals surface area contributed by atoms with Gasteiger partial charge in [-0.2, -0.15) is 0 Å². The van der Waals surface area contributed by atoms with Crippen LogP contribution in [0.1, 0.15) is 24.5 Å². The van der Waals surface area contributed by atoms with Crippen LogP contribution in [0.4, 0.5) is 0 Å². The van der Waals surface area contributed by atoms with Gasteiger partial charge in [-0.05, 0) is 51.5 Å². The highest BCUT2D eigenvalue weighted by Gasteiger charge is 2.24. The fraction of sp³-hybridized carbons (Fsp3) is 0.667. The maximum atomic E-state index is 3.52. The fourth-order valence-corrected chi connectivity index (χ4v) is 3.18. The second-order valence-electron chi connectivity index (χ2n) is 6.49. The molecule has 0 radical (unpaired) electrons. The van der Waals surface area contributed by atoms with E-state index in [1.807, 2.05) is 0 Å². The summed E-state index contributed by atoms with van der Waals surface area (Å²) in [6.45, 7) is 5.77. The third kappa shape index (κ3) is 4.80. The molecule has 0 aliphatic carbocycles. The van der Waals surface area contributed by atoms with Gasteiger partial charge in [-0.15, -0.1) is 0 Å². The molecule has 1 aliphatic heterocycles. The molecular formula is C18H31N3. The van der Waals surface area contributed by atoms with Crippen LogP contribution in [-0.4, -0.2) is 62.7 Å². The highest BCUT2D eigenvalue weighted by atomic mass is 15.3. The van der Waals surface area contributed by atoms with Crippen LogP contribution < -0.4 is 5.32 Å². The van der Waals surface area contributed by atoms with Gasteiger partial charge in [-0.1, -0.05) is 31.2 Å². The summed E-state index contributed by atoms with van der Waals surface area (Å²) < 4.78 is 0. The Kier molecular flexibility index (Phi) is 6.22. The number of likely N-dealkylation sites (N-methyl/N-ethyl adjacent to an activating group) is 3. The highest BCUT2D eigenvalue weighted by Crippen LogP contribution is 2.15. The van der Waals surface area contributed by atoms with E-state index < -0.39 is 0 Å². The van der Waals surface area contributed by atoms with Gasteiger partial charge in [0.15, 0.2) is 0 Å². The van der Waals surface area contributed by atoms with Gasteiger partial charge in [-0.3, -0.25) is 0 Å². The number of rotatable bonds is 6. The number of hydrogen-bond donors (Lipinski definition) is 1. The van der Waals surface area contributed by atoms with Crippen molar-refractivity contribution >= 4 is 0 Å². The van der Waals surface area contributed by atoms with Gasteiger partial charge in [0.1, 0.15) is 0 Å². The van der Waals surface area contributed by atoms with Gasteiger partial charge in [0, 0.05) is 31.7 Å². The molecule has 0 spiro atoms. The van der Waals surface area contributed by atoms with Gasteiger partial charge < -0.3 is 15.1 Å². The van der Waals surface area contributed by atoms with Crippen LogP contribution >= 0.6 is 0 Å². The van der Waals surface area contributed by atoms with E-state index >= 15 is 0 Å². The second kappa shape index (κ2) is 7.92. The lowest BCUT2D eigenvalue weighted by Gasteiger charge is -2.39. The molecule has 1 aromatic rings. The summed E-state index contributed by atoms with van der Waals surface area (Å²) in [7, 11) is 6.59. The predicted molar refractivity (Wildman–Crippen MR) is 90.9 cm³/mol. The summed E-state index contributed by atoms with van der Waals surface area (Å²) >= 11 is 0. The molecule has 1 saturated heterocycles. The summed E-state index contributed by atoms with van der Waals surface area (Å²) in [4.78, 5) is 4.97. The molecular weight excluding hydrogens is 258 g/mol. The molecule has 0 aromatic heterocycles. The van der Waals surface area contributed by atoms with E-state index in [9.17, 15) is 0 Å². The van der Waals surface area contributed by atoms with Crippen LogP contribution in [0.2, 0.25) is 0 Å². The van der Waals surface area contributed by atoms with Crippen molar-refractivity contribution in [3.05, 3.63) is 35.4 Å². The van der Waals surface area contributed by atoms with E-state index in [-0.39, 0.29) is 0 Å². The number of piperazine rings is 1. The van der Waals surface area contributed by atoms with Crippen LogP contribution in [0.25, 0.3) is 0 Å². The van der Waals surface area contributed by atoms with Crippen molar-refractivity contribution in [3.8, 4) is 0 Å². The predicted octanol–water partition coefficient (Wildman–Crippen LogP) is 2.02. The van der Waals surface area contributed by atoms with Crippen LogP contribution in [0.5, 0.6) is 0 Å². The Morgan fingerprint density at radius 2 is 1.81 bits per heavy atom. The van der Waals surface area contributed by atoms with Gasteiger partial charge in [0.05, 0.1) is 0 Å². The first-order chi connectivity index (χ1) is 10.1. The molecule has 1 N–H and O–H groups in total. The SMILES string of the molecule is CCc1ccc(CC(CC2CN(C)CCN2C)NC)cc1. The van der Waals surface area contributed by atoms with Crippen molar-refractivity contribution in [2.75, 3.05) is 40.8 Å². The summed E-state index contributed by atoms with van der Waals surface area (Å²) in [6.07, 6.45) is 3.45. The Morgan fingerprint density at radius 1 is 1.14 bits per heavy atom. The van der Waals surface area contributed by atoms with Crippen LogP contribution in [0, 0.1) is 0 Å². The maximum Gasteiger partial charge on any atom is 0.0235 e. The lowest BCUT2D eigenvalue weighted by molar-refractivity contribution is 0.102. The maximum absolute atomic E-state index is 3.52. The zero-order valence-electron chi connectivity index (χ0n) is 14.1. The fourth-order valence-electron chi connectivity index (χ4n) is 3.18. The summed E-state index contributed by atoms with van der Waals surface area (Å²) in [5.74, 6) is 0. The first kappa shape index (κ1) is 16.5. The molecule has 3 heteroatoms.